The lowest BCUT2D eigenvalue weighted by Gasteiger charge is -2.23. The molecule has 8 nitrogen and oxygen atoms in total. The van der Waals surface area contributed by atoms with Crippen molar-refractivity contribution in [1.29, 1.82) is 0 Å². The van der Waals surface area contributed by atoms with Crippen molar-refractivity contribution in [3.8, 4) is 0 Å². The minimum Gasteiger partial charge on any atom is -0.368 e. The van der Waals surface area contributed by atoms with E-state index in [9.17, 15) is 4.79 Å². The van der Waals surface area contributed by atoms with E-state index >= 15 is 0 Å². The molecular formula is C11H21N7O. The molecule has 0 saturated heterocycles. The topological polar surface area (TPSA) is 122 Å². The minimum absolute atomic E-state index is 0.00411. The van der Waals surface area contributed by atoms with E-state index in [0.29, 0.717) is 24.7 Å². The molecule has 0 saturated carbocycles. The number of hydrazine groups is 1. The fraction of sp³-hybridized carbons (Fsp3) is 0.545. The molecule has 8 heteroatoms. The molecule has 1 aromatic rings. The van der Waals surface area contributed by atoms with Crippen LogP contribution < -0.4 is 22.3 Å². The van der Waals surface area contributed by atoms with Gasteiger partial charge in [0.1, 0.15) is 17.7 Å². The van der Waals surface area contributed by atoms with Gasteiger partial charge in [-0.1, -0.05) is 0 Å². The molecule has 19 heavy (non-hydrogen) atoms. The Kier molecular flexibility index (Phi) is 5.31. The van der Waals surface area contributed by atoms with Gasteiger partial charge in [0.15, 0.2) is 0 Å². The van der Waals surface area contributed by atoms with Gasteiger partial charge in [-0.15, -0.1) is 0 Å². The molecular weight excluding hydrogens is 246 g/mol. The Bertz CT molecular complexity index is 433. The highest BCUT2D eigenvalue weighted by Gasteiger charge is 2.18. The van der Waals surface area contributed by atoms with Gasteiger partial charge in [-0.2, -0.15) is 9.97 Å². The Hall–Kier alpha value is -2.09. The molecule has 1 heterocycles. The fourth-order valence-electron chi connectivity index (χ4n) is 1.71. The number of hydrogen-bond donors (Lipinski definition) is 4. The van der Waals surface area contributed by atoms with Gasteiger partial charge in [-0.3, -0.25) is 4.79 Å². The van der Waals surface area contributed by atoms with Gasteiger partial charge in [0.05, 0.1) is 0 Å². The Labute approximate surface area is 112 Å². The smallest absolute Gasteiger partial charge is 0.244 e. The van der Waals surface area contributed by atoms with E-state index in [2.05, 4.69) is 20.7 Å². The Morgan fingerprint density at radius 3 is 2.47 bits per heavy atom. The van der Waals surface area contributed by atoms with Crippen LogP contribution in [0.4, 0.5) is 17.6 Å². The third-order valence-electron chi connectivity index (χ3n) is 2.70. The maximum atomic E-state index is 12.1. The zero-order valence-corrected chi connectivity index (χ0v) is 11.5. The molecule has 106 valence electrons. The largest absolute Gasteiger partial charge is 0.368 e. The predicted molar refractivity (Wildman–Crippen MR) is 75.3 cm³/mol. The third-order valence-corrected chi connectivity index (χ3v) is 2.70. The number of nitrogens with zero attached hydrogens (tertiary/aromatic N) is 3. The first kappa shape index (κ1) is 15.0. The number of rotatable bonds is 6. The van der Waals surface area contributed by atoms with Crippen LogP contribution in [-0.2, 0) is 4.79 Å². The number of anilines is 3. The van der Waals surface area contributed by atoms with Crippen molar-refractivity contribution in [3.05, 3.63) is 6.07 Å². The average molecular weight is 267 g/mol. The highest BCUT2D eigenvalue weighted by Crippen LogP contribution is 2.13. The standard InChI is InChI=1S/C11H21N7O/c1-4-18(5-2)10(19)7(3)14-8-6-9(17-13)16-11(12)15-8/h6-7H,4-5,13H2,1-3H3,(H4,12,14,15,16,17). The second-order valence-corrected chi connectivity index (χ2v) is 4.02. The summed E-state index contributed by atoms with van der Waals surface area (Å²) in [6.07, 6.45) is 0. The van der Waals surface area contributed by atoms with Crippen LogP contribution in [0.1, 0.15) is 20.8 Å². The molecule has 1 rings (SSSR count). The molecule has 1 aromatic heterocycles. The number of hydrogen-bond acceptors (Lipinski definition) is 7. The summed E-state index contributed by atoms with van der Waals surface area (Å²) in [5, 5.41) is 2.99. The third kappa shape index (κ3) is 3.95. The van der Waals surface area contributed by atoms with E-state index in [0.717, 1.165) is 0 Å². The number of amides is 1. The summed E-state index contributed by atoms with van der Waals surface area (Å²) in [6.45, 7) is 6.99. The summed E-state index contributed by atoms with van der Waals surface area (Å²) in [5.74, 6) is 6.20. The van der Waals surface area contributed by atoms with Crippen molar-refractivity contribution in [2.24, 2.45) is 5.84 Å². The van der Waals surface area contributed by atoms with Crippen molar-refractivity contribution < 1.29 is 4.79 Å². The molecule has 0 radical (unpaired) electrons. The zero-order valence-electron chi connectivity index (χ0n) is 11.5. The van der Waals surface area contributed by atoms with Gasteiger partial charge in [-0.25, -0.2) is 5.84 Å². The molecule has 0 spiro atoms. The average Bonchev–Trinajstić information content (AvgIpc) is 2.39. The minimum atomic E-state index is -0.403. The molecule has 0 bridgehead atoms. The molecule has 0 aliphatic rings. The van der Waals surface area contributed by atoms with Crippen molar-refractivity contribution in [1.82, 2.24) is 14.9 Å². The van der Waals surface area contributed by atoms with Gasteiger partial charge in [0.25, 0.3) is 0 Å². The normalized spacial score (nSPS) is 11.8. The summed E-state index contributed by atoms with van der Waals surface area (Å²) in [4.78, 5) is 21.7. The van der Waals surface area contributed by atoms with E-state index in [1.54, 1.807) is 17.9 Å². The Morgan fingerprint density at radius 2 is 1.95 bits per heavy atom. The van der Waals surface area contributed by atoms with E-state index in [4.69, 9.17) is 11.6 Å². The Balaban J connectivity index is 2.78. The number of aromatic nitrogens is 2. The van der Waals surface area contributed by atoms with Crippen molar-refractivity contribution >= 4 is 23.5 Å². The van der Waals surface area contributed by atoms with Crippen LogP contribution in [-0.4, -0.2) is 39.9 Å². The second kappa shape index (κ2) is 6.74. The summed E-state index contributed by atoms with van der Waals surface area (Å²) in [5.41, 5.74) is 7.94. The number of carbonyl (C=O) groups is 1. The van der Waals surface area contributed by atoms with Crippen LogP contribution in [0.3, 0.4) is 0 Å². The van der Waals surface area contributed by atoms with Crippen LogP contribution in [0.5, 0.6) is 0 Å². The highest BCUT2D eigenvalue weighted by atomic mass is 16.2. The molecule has 0 fully saturated rings. The van der Waals surface area contributed by atoms with Gasteiger partial charge >= 0.3 is 0 Å². The number of nitrogens with one attached hydrogen (secondary N) is 2. The van der Waals surface area contributed by atoms with Gasteiger partial charge < -0.3 is 21.4 Å². The first-order valence-corrected chi connectivity index (χ1v) is 6.18. The van der Waals surface area contributed by atoms with Gasteiger partial charge in [0, 0.05) is 19.2 Å². The zero-order chi connectivity index (χ0) is 14.4. The molecule has 6 N–H and O–H groups in total. The number of nitrogen functional groups attached to an aromatic ring is 2. The highest BCUT2D eigenvalue weighted by molar-refractivity contribution is 5.84. The molecule has 0 aliphatic heterocycles. The lowest BCUT2D eigenvalue weighted by atomic mass is 10.2. The first-order valence-electron chi connectivity index (χ1n) is 6.18. The SMILES string of the molecule is CCN(CC)C(=O)C(C)Nc1cc(NN)nc(N)n1. The fourth-order valence-corrected chi connectivity index (χ4v) is 1.71. The monoisotopic (exact) mass is 267 g/mol. The van der Waals surface area contributed by atoms with Crippen LogP contribution in [0.2, 0.25) is 0 Å². The van der Waals surface area contributed by atoms with Crippen LogP contribution in [0.15, 0.2) is 6.07 Å². The van der Waals surface area contributed by atoms with E-state index in [1.165, 1.54) is 0 Å². The van der Waals surface area contributed by atoms with E-state index in [1.807, 2.05) is 13.8 Å². The molecule has 0 aromatic carbocycles. The lowest BCUT2D eigenvalue weighted by molar-refractivity contribution is -0.131. The maximum Gasteiger partial charge on any atom is 0.244 e. The maximum absolute atomic E-state index is 12.1. The van der Waals surface area contributed by atoms with Gasteiger partial charge in [-0.05, 0) is 20.8 Å². The summed E-state index contributed by atoms with van der Waals surface area (Å²) < 4.78 is 0. The van der Waals surface area contributed by atoms with Crippen LogP contribution >= 0.6 is 0 Å². The first-order chi connectivity index (χ1) is 9.01. The molecule has 1 amide bonds. The predicted octanol–water partition coefficient (Wildman–Crippen LogP) is 0.0132. The molecule has 1 atom stereocenters. The number of nitrogens with two attached hydrogens (primary N) is 2. The second-order valence-electron chi connectivity index (χ2n) is 4.02. The van der Waals surface area contributed by atoms with Crippen molar-refractivity contribution in [2.45, 2.75) is 26.8 Å². The summed E-state index contributed by atoms with van der Waals surface area (Å²) in [6, 6.07) is 1.18. The summed E-state index contributed by atoms with van der Waals surface area (Å²) >= 11 is 0. The van der Waals surface area contributed by atoms with E-state index in [-0.39, 0.29) is 11.9 Å². The lowest BCUT2D eigenvalue weighted by Crippen LogP contribution is -2.41. The van der Waals surface area contributed by atoms with Gasteiger partial charge in [0.2, 0.25) is 11.9 Å². The molecule has 0 aliphatic carbocycles. The van der Waals surface area contributed by atoms with Crippen molar-refractivity contribution in [3.63, 3.8) is 0 Å². The summed E-state index contributed by atoms with van der Waals surface area (Å²) in [7, 11) is 0. The Morgan fingerprint density at radius 1 is 1.37 bits per heavy atom. The quantitative estimate of drug-likeness (QED) is 0.423. The van der Waals surface area contributed by atoms with E-state index < -0.39 is 6.04 Å². The van der Waals surface area contributed by atoms with Crippen molar-refractivity contribution in [2.75, 3.05) is 29.6 Å². The van der Waals surface area contributed by atoms with Crippen LogP contribution in [0.25, 0.3) is 0 Å². The number of carbonyl (C=O) groups excluding carboxylic acids is 1. The molecule has 1 unspecified atom stereocenters. The number of likely N-dealkylation sites (N-methyl/N-ethyl adjacent to an activating group) is 1. The van der Waals surface area contributed by atoms with Crippen LogP contribution in [0, 0.1) is 0 Å².